The van der Waals surface area contributed by atoms with Gasteiger partial charge in [0.25, 0.3) is 5.91 Å². The first-order chi connectivity index (χ1) is 12.5. The number of rotatable bonds is 5. The van der Waals surface area contributed by atoms with Crippen molar-refractivity contribution in [3.63, 3.8) is 0 Å². The number of hydrogen-bond donors (Lipinski definition) is 2. The van der Waals surface area contributed by atoms with E-state index in [1.165, 1.54) is 18.2 Å². The number of nitrogens with one attached hydrogen (secondary N) is 2. The molecular formula is C21H18ClFN2O. The molecule has 0 aliphatic carbocycles. The zero-order valence-electron chi connectivity index (χ0n) is 14.2. The van der Waals surface area contributed by atoms with Gasteiger partial charge in [-0.2, -0.15) is 0 Å². The standard InChI is InChI=1S/C21H18ClFN2O/c1-14-18(22)8-5-9-19(14)25-20-12-16(23)10-11-17(20)21(26)24-13-15-6-3-2-4-7-15/h2-12,25H,13H2,1H3,(H,24,26). The lowest BCUT2D eigenvalue weighted by Gasteiger charge is -2.15. The number of carbonyl (C=O) groups is 1. The molecule has 0 atom stereocenters. The maximum absolute atomic E-state index is 13.7. The van der Waals surface area contributed by atoms with E-state index in [0.717, 1.165) is 16.8 Å². The van der Waals surface area contributed by atoms with Gasteiger partial charge in [-0.25, -0.2) is 4.39 Å². The van der Waals surface area contributed by atoms with Crippen LogP contribution in [-0.4, -0.2) is 5.91 Å². The molecule has 0 fully saturated rings. The molecule has 0 radical (unpaired) electrons. The minimum absolute atomic E-state index is 0.281. The predicted molar refractivity (Wildman–Crippen MR) is 103 cm³/mol. The van der Waals surface area contributed by atoms with E-state index < -0.39 is 5.82 Å². The highest BCUT2D eigenvalue weighted by Crippen LogP contribution is 2.28. The Kier molecular flexibility index (Phi) is 5.54. The molecule has 3 aromatic carbocycles. The van der Waals surface area contributed by atoms with Crippen LogP contribution in [0.4, 0.5) is 15.8 Å². The molecule has 132 valence electrons. The number of halogens is 2. The van der Waals surface area contributed by atoms with Crippen molar-refractivity contribution in [2.45, 2.75) is 13.5 Å². The van der Waals surface area contributed by atoms with Crippen LogP contribution in [-0.2, 0) is 6.54 Å². The Morgan fingerprint density at radius 2 is 1.77 bits per heavy atom. The summed E-state index contributed by atoms with van der Waals surface area (Å²) in [5, 5.41) is 6.57. The van der Waals surface area contributed by atoms with Crippen LogP contribution in [0, 0.1) is 12.7 Å². The second-order valence-electron chi connectivity index (χ2n) is 5.90. The van der Waals surface area contributed by atoms with E-state index in [1.54, 1.807) is 12.1 Å². The van der Waals surface area contributed by atoms with E-state index in [0.29, 0.717) is 22.8 Å². The molecule has 5 heteroatoms. The van der Waals surface area contributed by atoms with Crippen LogP contribution in [0.15, 0.2) is 66.7 Å². The first-order valence-corrected chi connectivity index (χ1v) is 8.56. The Labute approximate surface area is 156 Å². The molecule has 1 amide bonds. The van der Waals surface area contributed by atoms with Crippen molar-refractivity contribution >= 4 is 28.9 Å². The largest absolute Gasteiger partial charge is 0.355 e. The topological polar surface area (TPSA) is 41.1 Å². The summed E-state index contributed by atoms with van der Waals surface area (Å²) >= 11 is 6.14. The molecule has 0 unspecified atom stereocenters. The van der Waals surface area contributed by atoms with Gasteiger partial charge in [0.2, 0.25) is 0 Å². The zero-order valence-corrected chi connectivity index (χ0v) is 15.0. The molecule has 0 aliphatic heterocycles. The van der Waals surface area contributed by atoms with Crippen molar-refractivity contribution in [3.8, 4) is 0 Å². The summed E-state index contributed by atoms with van der Waals surface area (Å²) in [4.78, 5) is 12.6. The molecule has 0 bridgehead atoms. The molecule has 0 aromatic heterocycles. The smallest absolute Gasteiger partial charge is 0.253 e. The average molecular weight is 369 g/mol. The van der Waals surface area contributed by atoms with Crippen LogP contribution in [0.2, 0.25) is 5.02 Å². The van der Waals surface area contributed by atoms with Gasteiger partial charge >= 0.3 is 0 Å². The Morgan fingerprint density at radius 3 is 2.54 bits per heavy atom. The van der Waals surface area contributed by atoms with Crippen molar-refractivity contribution in [3.05, 3.63) is 94.3 Å². The summed E-state index contributed by atoms with van der Waals surface area (Å²) in [6, 6.07) is 19.1. The molecular weight excluding hydrogens is 351 g/mol. The molecule has 0 aliphatic rings. The lowest BCUT2D eigenvalue weighted by atomic mass is 10.1. The van der Waals surface area contributed by atoms with E-state index in [-0.39, 0.29) is 5.91 Å². The highest BCUT2D eigenvalue weighted by Gasteiger charge is 2.14. The van der Waals surface area contributed by atoms with Gasteiger partial charge in [0.05, 0.1) is 11.3 Å². The second-order valence-corrected chi connectivity index (χ2v) is 6.30. The van der Waals surface area contributed by atoms with Gasteiger partial charge in [-0.1, -0.05) is 48.0 Å². The average Bonchev–Trinajstić information content (AvgIpc) is 2.64. The van der Waals surface area contributed by atoms with E-state index in [1.807, 2.05) is 43.3 Å². The third-order valence-electron chi connectivity index (χ3n) is 4.06. The van der Waals surface area contributed by atoms with Crippen LogP contribution in [0.5, 0.6) is 0 Å². The van der Waals surface area contributed by atoms with E-state index >= 15 is 0 Å². The van der Waals surface area contributed by atoms with Crippen molar-refractivity contribution in [1.82, 2.24) is 5.32 Å². The lowest BCUT2D eigenvalue weighted by molar-refractivity contribution is 0.0951. The highest BCUT2D eigenvalue weighted by molar-refractivity contribution is 6.31. The maximum atomic E-state index is 13.7. The van der Waals surface area contributed by atoms with Crippen molar-refractivity contribution in [2.75, 3.05) is 5.32 Å². The Hall–Kier alpha value is -2.85. The Balaban J connectivity index is 1.83. The Bertz CT molecular complexity index is 929. The highest BCUT2D eigenvalue weighted by atomic mass is 35.5. The molecule has 0 heterocycles. The lowest BCUT2D eigenvalue weighted by Crippen LogP contribution is -2.23. The monoisotopic (exact) mass is 368 g/mol. The van der Waals surface area contributed by atoms with Crippen molar-refractivity contribution in [1.29, 1.82) is 0 Å². The van der Waals surface area contributed by atoms with E-state index in [4.69, 9.17) is 11.6 Å². The SMILES string of the molecule is Cc1c(Cl)cccc1Nc1cc(F)ccc1C(=O)NCc1ccccc1. The number of benzene rings is 3. The summed E-state index contributed by atoms with van der Waals surface area (Å²) in [6.45, 7) is 2.26. The minimum Gasteiger partial charge on any atom is -0.355 e. The Morgan fingerprint density at radius 1 is 1.00 bits per heavy atom. The first-order valence-electron chi connectivity index (χ1n) is 8.18. The zero-order chi connectivity index (χ0) is 18.5. The second kappa shape index (κ2) is 8.02. The van der Waals surface area contributed by atoms with Crippen LogP contribution >= 0.6 is 11.6 Å². The molecule has 0 saturated heterocycles. The molecule has 3 aromatic rings. The molecule has 2 N–H and O–H groups in total. The van der Waals surface area contributed by atoms with E-state index in [9.17, 15) is 9.18 Å². The third-order valence-corrected chi connectivity index (χ3v) is 4.47. The number of carbonyl (C=O) groups excluding carboxylic acids is 1. The van der Waals surface area contributed by atoms with Gasteiger partial charge in [-0.15, -0.1) is 0 Å². The van der Waals surface area contributed by atoms with E-state index in [2.05, 4.69) is 10.6 Å². The number of amides is 1. The van der Waals surface area contributed by atoms with Crippen LogP contribution < -0.4 is 10.6 Å². The summed E-state index contributed by atoms with van der Waals surface area (Å²) in [5.41, 5.74) is 3.29. The summed E-state index contributed by atoms with van der Waals surface area (Å²) in [6.07, 6.45) is 0. The fourth-order valence-electron chi connectivity index (χ4n) is 2.58. The fraction of sp³-hybridized carbons (Fsp3) is 0.0952. The summed E-state index contributed by atoms with van der Waals surface area (Å²) in [7, 11) is 0. The molecule has 0 spiro atoms. The van der Waals surface area contributed by atoms with Gasteiger partial charge in [0, 0.05) is 17.3 Å². The predicted octanol–water partition coefficient (Wildman–Crippen LogP) is 5.46. The van der Waals surface area contributed by atoms with Crippen molar-refractivity contribution in [2.24, 2.45) is 0 Å². The quantitative estimate of drug-likeness (QED) is 0.627. The maximum Gasteiger partial charge on any atom is 0.253 e. The van der Waals surface area contributed by atoms with Crippen molar-refractivity contribution < 1.29 is 9.18 Å². The molecule has 3 nitrogen and oxygen atoms in total. The third kappa shape index (κ3) is 4.21. The van der Waals surface area contributed by atoms with Gasteiger partial charge in [0.15, 0.2) is 0 Å². The normalized spacial score (nSPS) is 10.4. The van der Waals surface area contributed by atoms with Gasteiger partial charge in [0.1, 0.15) is 5.82 Å². The van der Waals surface area contributed by atoms with Crippen LogP contribution in [0.3, 0.4) is 0 Å². The van der Waals surface area contributed by atoms with Gasteiger partial charge in [-0.05, 0) is 48.4 Å². The van der Waals surface area contributed by atoms with Crippen LogP contribution in [0.25, 0.3) is 0 Å². The summed E-state index contributed by atoms with van der Waals surface area (Å²) < 4.78 is 13.7. The van der Waals surface area contributed by atoms with Gasteiger partial charge in [-0.3, -0.25) is 4.79 Å². The molecule has 26 heavy (non-hydrogen) atoms. The molecule has 0 saturated carbocycles. The number of anilines is 2. The molecule has 3 rings (SSSR count). The fourth-order valence-corrected chi connectivity index (χ4v) is 2.75. The van der Waals surface area contributed by atoms with Crippen LogP contribution in [0.1, 0.15) is 21.5 Å². The number of hydrogen-bond acceptors (Lipinski definition) is 2. The summed E-state index contributed by atoms with van der Waals surface area (Å²) in [5.74, 6) is -0.706. The first kappa shape index (κ1) is 18.0. The van der Waals surface area contributed by atoms with Gasteiger partial charge < -0.3 is 10.6 Å². The minimum atomic E-state index is -0.424.